The van der Waals surface area contributed by atoms with E-state index in [9.17, 15) is 0 Å². The van der Waals surface area contributed by atoms with Crippen LogP contribution in [0.25, 0.3) is 0 Å². The molecule has 0 spiro atoms. The Morgan fingerprint density at radius 2 is 1.39 bits per heavy atom. The molecule has 146 valence electrons. The van der Waals surface area contributed by atoms with Crippen molar-refractivity contribution >= 4 is 0 Å². The van der Waals surface area contributed by atoms with Crippen LogP contribution >= 0.6 is 0 Å². The fraction of sp³-hybridized carbons (Fsp3) is 0.308. The highest BCUT2D eigenvalue weighted by Gasteiger charge is 2.12. The topological polar surface area (TPSA) is 21.3 Å². The molecule has 3 aromatic rings. The predicted molar refractivity (Wildman–Crippen MR) is 118 cm³/mol. The van der Waals surface area contributed by atoms with Gasteiger partial charge in [-0.3, -0.25) is 0 Å². The van der Waals surface area contributed by atoms with E-state index in [0.717, 1.165) is 25.3 Å². The molecule has 0 saturated carbocycles. The molecule has 3 aromatic carbocycles. The lowest BCUT2D eigenvalue weighted by molar-refractivity contribution is 0.321. The Kier molecular flexibility index (Phi) is 6.89. The van der Waals surface area contributed by atoms with Crippen LogP contribution in [0.2, 0.25) is 0 Å². The molecule has 0 aliphatic heterocycles. The first kappa shape index (κ1) is 20.2. The van der Waals surface area contributed by atoms with E-state index >= 15 is 0 Å². The van der Waals surface area contributed by atoms with Crippen LogP contribution in [0.5, 0.6) is 5.75 Å². The van der Waals surface area contributed by atoms with E-state index in [2.05, 4.69) is 92.8 Å². The lowest BCUT2D eigenvalue weighted by atomic mass is 9.87. The molecule has 3 rings (SSSR count). The summed E-state index contributed by atoms with van der Waals surface area (Å²) in [5, 5.41) is 3.53. The van der Waals surface area contributed by atoms with Gasteiger partial charge < -0.3 is 10.1 Å². The molecule has 0 aliphatic rings. The van der Waals surface area contributed by atoms with Gasteiger partial charge in [0.25, 0.3) is 0 Å². The Hall–Kier alpha value is -2.58. The molecule has 2 nitrogen and oxygen atoms in total. The van der Waals surface area contributed by atoms with Gasteiger partial charge in [-0.15, -0.1) is 0 Å². The van der Waals surface area contributed by atoms with Crippen molar-refractivity contribution in [1.82, 2.24) is 5.32 Å². The summed E-state index contributed by atoms with van der Waals surface area (Å²) in [6, 6.07) is 27.7. The van der Waals surface area contributed by atoms with Crippen molar-refractivity contribution in [2.24, 2.45) is 0 Å². The van der Waals surface area contributed by atoms with E-state index < -0.39 is 0 Å². The second kappa shape index (κ2) is 9.57. The van der Waals surface area contributed by atoms with Crippen molar-refractivity contribution in [3.63, 3.8) is 0 Å². The van der Waals surface area contributed by atoms with Crippen molar-refractivity contribution in [1.29, 1.82) is 0 Å². The van der Waals surface area contributed by atoms with Crippen LogP contribution in [0.15, 0.2) is 78.9 Å². The van der Waals surface area contributed by atoms with E-state index in [1.807, 2.05) is 12.1 Å². The lowest BCUT2D eigenvalue weighted by Gasteiger charge is -2.19. The fourth-order valence-electron chi connectivity index (χ4n) is 3.15. The zero-order chi connectivity index (χ0) is 19.8. The van der Waals surface area contributed by atoms with E-state index in [1.54, 1.807) is 0 Å². The van der Waals surface area contributed by atoms with Crippen LogP contribution in [-0.4, -0.2) is 6.61 Å². The lowest BCUT2D eigenvalue weighted by Crippen LogP contribution is -2.14. The maximum absolute atomic E-state index is 5.93. The number of rotatable bonds is 8. The van der Waals surface area contributed by atoms with Crippen molar-refractivity contribution < 1.29 is 4.74 Å². The highest BCUT2D eigenvalue weighted by Crippen LogP contribution is 2.22. The molecule has 0 heterocycles. The van der Waals surface area contributed by atoms with E-state index in [-0.39, 0.29) is 5.41 Å². The quantitative estimate of drug-likeness (QED) is 0.531. The normalized spacial score (nSPS) is 11.4. The highest BCUT2D eigenvalue weighted by atomic mass is 16.5. The van der Waals surface area contributed by atoms with Crippen molar-refractivity contribution in [3.05, 3.63) is 101 Å². The molecule has 28 heavy (non-hydrogen) atoms. The molecule has 0 saturated heterocycles. The number of nitrogens with one attached hydrogen (secondary N) is 1. The number of hydrogen-bond acceptors (Lipinski definition) is 2. The van der Waals surface area contributed by atoms with Gasteiger partial charge in [-0.25, -0.2) is 0 Å². The Bertz CT molecular complexity index is 848. The third-order valence-corrected chi connectivity index (χ3v) is 4.88. The number of benzene rings is 3. The summed E-state index contributed by atoms with van der Waals surface area (Å²) in [5.41, 5.74) is 5.42. The molecule has 0 bridgehead atoms. The maximum Gasteiger partial charge on any atom is 0.119 e. The minimum atomic E-state index is 0.201. The van der Waals surface area contributed by atoms with Crippen molar-refractivity contribution in [2.45, 2.75) is 45.7 Å². The minimum absolute atomic E-state index is 0.201. The van der Waals surface area contributed by atoms with Gasteiger partial charge >= 0.3 is 0 Å². The SMILES string of the molecule is CC(C)(C)c1ccc(CNCc2cccc(OCCc3ccccc3)c2)cc1. The Morgan fingerprint density at radius 3 is 2.11 bits per heavy atom. The van der Waals surface area contributed by atoms with E-state index in [1.165, 1.54) is 22.3 Å². The predicted octanol–water partition coefficient (Wildman–Crippen LogP) is 5.90. The van der Waals surface area contributed by atoms with Gasteiger partial charge in [0.05, 0.1) is 6.61 Å². The fourth-order valence-corrected chi connectivity index (χ4v) is 3.15. The van der Waals surface area contributed by atoms with Crippen molar-refractivity contribution in [2.75, 3.05) is 6.61 Å². The third-order valence-electron chi connectivity index (χ3n) is 4.88. The summed E-state index contributed by atoms with van der Waals surface area (Å²) in [6.07, 6.45) is 0.924. The number of ether oxygens (including phenoxy) is 1. The highest BCUT2D eigenvalue weighted by molar-refractivity contribution is 5.29. The van der Waals surface area contributed by atoms with Gasteiger partial charge in [-0.2, -0.15) is 0 Å². The number of hydrogen-bond donors (Lipinski definition) is 1. The van der Waals surface area contributed by atoms with Crippen LogP contribution in [-0.2, 0) is 24.9 Å². The Morgan fingerprint density at radius 1 is 0.714 bits per heavy atom. The van der Waals surface area contributed by atoms with Gasteiger partial charge in [-0.1, -0.05) is 87.5 Å². The van der Waals surface area contributed by atoms with Gasteiger partial charge in [0, 0.05) is 19.5 Å². The summed E-state index contributed by atoms with van der Waals surface area (Å²) in [5.74, 6) is 0.935. The average Bonchev–Trinajstić information content (AvgIpc) is 2.69. The molecule has 0 fully saturated rings. The third kappa shape index (κ3) is 6.24. The molecule has 0 radical (unpaired) electrons. The van der Waals surface area contributed by atoms with Crippen LogP contribution in [0.4, 0.5) is 0 Å². The van der Waals surface area contributed by atoms with Gasteiger partial charge in [0.15, 0.2) is 0 Å². The van der Waals surface area contributed by atoms with Gasteiger partial charge in [0.1, 0.15) is 5.75 Å². The molecule has 0 aliphatic carbocycles. The zero-order valence-electron chi connectivity index (χ0n) is 17.2. The summed E-state index contributed by atoms with van der Waals surface area (Å²) in [7, 11) is 0. The molecule has 0 atom stereocenters. The summed E-state index contributed by atoms with van der Waals surface area (Å²) >= 11 is 0. The minimum Gasteiger partial charge on any atom is -0.493 e. The van der Waals surface area contributed by atoms with Crippen LogP contribution in [0, 0.1) is 0 Å². The van der Waals surface area contributed by atoms with Gasteiger partial charge in [0.2, 0.25) is 0 Å². The standard InChI is InChI=1S/C26H31NO/c1-26(2,3)24-14-12-22(13-15-24)19-27-20-23-10-7-11-25(18-23)28-17-16-21-8-5-4-6-9-21/h4-15,18,27H,16-17,19-20H2,1-3H3. The van der Waals surface area contributed by atoms with Gasteiger partial charge in [-0.05, 0) is 39.8 Å². The Balaban J connectivity index is 1.45. The molecule has 2 heteroatoms. The molecule has 0 unspecified atom stereocenters. The van der Waals surface area contributed by atoms with E-state index in [4.69, 9.17) is 4.74 Å². The Labute approximate surface area is 169 Å². The summed E-state index contributed by atoms with van der Waals surface area (Å²) in [4.78, 5) is 0. The first-order valence-electron chi connectivity index (χ1n) is 10.1. The second-order valence-corrected chi connectivity index (χ2v) is 8.28. The summed E-state index contributed by atoms with van der Waals surface area (Å²) in [6.45, 7) is 9.13. The molecule has 0 aromatic heterocycles. The van der Waals surface area contributed by atoms with Crippen LogP contribution < -0.4 is 10.1 Å². The maximum atomic E-state index is 5.93. The second-order valence-electron chi connectivity index (χ2n) is 8.28. The summed E-state index contributed by atoms with van der Waals surface area (Å²) < 4.78 is 5.93. The molecular formula is C26H31NO. The first-order chi connectivity index (χ1) is 13.5. The molecule has 0 amide bonds. The van der Waals surface area contributed by atoms with Crippen LogP contribution in [0.3, 0.4) is 0 Å². The van der Waals surface area contributed by atoms with Crippen molar-refractivity contribution in [3.8, 4) is 5.75 Å². The monoisotopic (exact) mass is 373 g/mol. The smallest absolute Gasteiger partial charge is 0.119 e. The molecule has 1 N–H and O–H groups in total. The van der Waals surface area contributed by atoms with E-state index in [0.29, 0.717) is 6.61 Å². The van der Waals surface area contributed by atoms with Crippen LogP contribution in [0.1, 0.15) is 43.0 Å². The molecular weight excluding hydrogens is 342 g/mol. The average molecular weight is 374 g/mol. The largest absolute Gasteiger partial charge is 0.493 e. The first-order valence-corrected chi connectivity index (χ1v) is 10.1. The zero-order valence-corrected chi connectivity index (χ0v) is 17.2.